The smallest absolute Gasteiger partial charge is 0.346 e. The first-order valence-electron chi connectivity index (χ1n) is 5.26. The standard InChI is InChI=1S/C12H15NO4S/c1-3-17-12(14)11(18-15)7-8-6-9(16-2)4-5-10(8)13/h4-7,15H,3,13H2,1-2H3/b11-7-. The largest absolute Gasteiger partial charge is 0.497 e. The van der Waals surface area contributed by atoms with Crippen molar-refractivity contribution in [3.05, 3.63) is 28.7 Å². The molecule has 0 bridgehead atoms. The third-order valence-corrected chi connectivity index (χ3v) is 2.64. The number of hydrogen-bond donors (Lipinski definition) is 2. The SMILES string of the molecule is CCOC(=O)/C(=C/c1cc(OC)ccc1N)SO. The van der Waals surface area contributed by atoms with Gasteiger partial charge in [0.25, 0.3) is 0 Å². The fourth-order valence-electron chi connectivity index (χ4n) is 1.27. The van der Waals surface area contributed by atoms with Crippen LogP contribution in [0.4, 0.5) is 5.69 Å². The summed E-state index contributed by atoms with van der Waals surface area (Å²) in [4.78, 5) is 11.6. The molecule has 1 rings (SSSR count). The molecule has 0 aliphatic carbocycles. The number of esters is 1. The lowest BCUT2D eigenvalue weighted by Gasteiger charge is -2.06. The van der Waals surface area contributed by atoms with Crippen molar-refractivity contribution in [1.29, 1.82) is 0 Å². The van der Waals surface area contributed by atoms with Gasteiger partial charge < -0.3 is 19.8 Å². The van der Waals surface area contributed by atoms with Crippen molar-refractivity contribution in [3.8, 4) is 5.75 Å². The fourth-order valence-corrected chi connectivity index (χ4v) is 1.58. The van der Waals surface area contributed by atoms with E-state index >= 15 is 0 Å². The molecular formula is C12H15NO4S. The van der Waals surface area contributed by atoms with Crippen molar-refractivity contribution in [1.82, 2.24) is 0 Å². The van der Waals surface area contributed by atoms with Crippen LogP contribution in [-0.2, 0) is 9.53 Å². The van der Waals surface area contributed by atoms with Crippen LogP contribution < -0.4 is 10.5 Å². The van der Waals surface area contributed by atoms with E-state index in [0.717, 1.165) is 0 Å². The van der Waals surface area contributed by atoms with Crippen LogP contribution >= 0.6 is 12.0 Å². The molecule has 1 aromatic rings. The van der Waals surface area contributed by atoms with Gasteiger partial charge in [-0.25, -0.2) is 4.79 Å². The van der Waals surface area contributed by atoms with E-state index in [-0.39, 0.29) is 11.5 Å². The Balaban J connectivity index is 3.08. The van der Waals surface area contributed by atoms with Crippen molar-refractivity contribution in [2.75, 3.05) is 19.5 Å². The lowest BCUT2D eigenvalue weighted by atomic mass is 10.1. The number of benzene rings is 1. The van der Waals surface area contributed by atoms with Crippen LogP contribution in [0.25, 0.3) is 6.08 Å². The second kappa shape index (κ2) is 6.93. The van der Waals surface area contributed by atoms with Gasteiger partial charge in [-0.05, 0) is 31.2 Å². The normalized spacial score (nSPS) is 11.2. The molecule has 0 amide bonds. The molecule has 0 radical (unpaired) electrons. The van der Waals surface area contributed by atoms with Crippen LogP contribution in [0.15, 0.2) is 23.1 Å². The minimum atomic E-state index is -0.591. The molecule has 1 aromatic carbocycles. The number of nitrogen functional groups attached to an aromatic ring is 1. The Bertz CT molecular complexity index is 459. The highest BCUT2D eigenvalue weighted by atomic mass is 32.2. The summed E-state index contributed by atoms with van der Waals surface area (Å²) in [5.74, 6) is 0.0221. The molecule has 6 heteroatoms. The van der Waals surface area contributed by atoms with E-state index in [4.69, 9.17) is 19.8 Å². The molecule has 18 heavy (non-hydrogen) atoms. The molecule has 0 fully saturated rings. The van der Waals surface area contributed by atoms with E-state index in [1.54, 1.807) is 25.1 Å². The predicted molar refractivity (Wildman–Crippen MR) is 72.2 cm³/mol. The number of ether oxygens (including phenoxy) is 2. The van der Waals surface area contributed by atoms with E-state index in [0.29, 0.717) is 29.0 Å². The van der Waals surface area contributed by atoms with Crippen molar-refractivity contribution in [2.24, 2.45) is 0 Å². The van der Waals surface area contributed by atoms with Gasteiger partial charge in [0.1, 0.15) is 10.7 Å². The summed E-state index contributed by atoms with van der Waals surface area (Å²) in [7, 11) is 1.53. The van der Waals surface area contributed by atoms with Crippen molar-refractivity contribution >= 4 is 29.8 Å². The van der Waals surface area contributed by atoms with Crippen LogP contribution in [0.2, 0.25) is 0 Å². The second-order valence-corrected chi connectivity index (χ2v) is 3.94. The Kier molecular flexibility index (Phi) is 5.54. The predicted octanol–water partition coefficient (Wildman–Crippen LogP) is 2.39. The Morgan fingerprint density at radius 3 is 2.83 bits per heavy atom. The maximum Gasteiger partial charge on any atom is 0.346 e. The minimum Gasteiger partial charge on any atom is -0.497 e. The summed E-state index contributed by atoms with van der Waals surface area (Å²) < 4.78 is 18.9. The molecule has 0 saturated heterocycles. The first-order valence-corrected chi connectivity index (χ1v) is 6.03. The van der Waals surface area contributed by atoms with E-state index in [1.807, 2.05) is 0 Å². The zero-order chi connectivity index (χ0) is 13.5. The molecule has 0 aliphatic heterocycles. The summed E-state index contributed by atoms with van der Waals surface area (Å²) in [6, 6.07) is 5.04. The van der Waals surface area contributed by atoms with Gasteiger partial charge in [-0.3, -0.25) is 0 Å². The van der Waals surface area contributed by atoms with Gasteiger partial charge in [0.2, 0.25) is 0 Å². The van der Waals surface area contributed by atoms with E-state index in [2.05, 4.69) is 0 Å². The molecule has 98 valence electrons. The third kappa shape index (κ3) is 3.68. The average molecular weight is 269 g/mol. The van der Waals surface area contributed by atoms with E-state index in [9.17, 15) is 4.79 Å². The van der Waals surface area contributed by atoms with Gasteiger partial charge in [-0.15, -0.1) is 0 Å². The molecule has 0 aromatic heterocycles. The Morgan fingerprint density at radius 1 is 1.56 bits per heavy atom. The number of hydrogen-bond acceptors (Lipinski definition) is 6. The third-order valence-electron chi connectivity index (χ3n) is 2.16. The summed E-state index contributed by atoms with van der Waals surface area (Å²) in [5.41, 5.74) is 6.84. The highest BCUT2D eigenvalue weighted by Gasteiger charge is 2.12. The average Bonchev–Trinajstić information content (AvgIpc) is 2.38. The number of methoxy groups -OCH3 is 1. The lowest BCUT2D eigenvalue weighted by Crippen LogP contribution is -2.05. The van der Waals surface area contributed by atoms with Gasteiger partial charge in [-0.1, -0.05) is 0 Å². The summed E-state index contributed by atoms with van der Waals surface area (Å²) in [6.07, 6.45) is 1.46. The van der Waals surface area contributed by atoms with Gasteiger partial charge in [0.15, 0.2) is 0 Å². The highest BCUT2D eigenvalue weighted by molar-refractivity contribution is 7.98. The number of carbonyl (C=O) groups is 1. The van der Waals surface area contributed by atoms with Crippen molar-refractivity contribution in [2.45, 2.75) is 6.92 Å². The molecular weight excluding hydrogens is 254 g/mol. The molecule has 0 atom stereocenters. The highest BCUT2D eigenvalue weighted by Crippen LogP contribution is 2.25. The second-order valence-electron chi connectivity index (χ2n) is 3.32. The van der Waals surface area contributed by atoms with Crippen molar-refractivity contribution < 1.29 is 18.8 Å². The maximum absolute atomic E-state index is 11.5. The molecule has 5 nitrogen and oxygen atoms in total. The fraction of sp³-hybridized carbons (Fsp3) is 0.250. The molecule has 0 saturated carbocycles. The quantitative estimate of drug-likeness (QED) is 0.369. The van der Waals surface area contributed by atoms with Gasteiger partial charge >= 0.3 is 5.97 Å². The number of anilines is 1. The zero-order valence-electron chi connectivity index (χ0n) is 10.2. The van der Waals surface area contributed by atoms with Crippen LogP contribution in [0.5, 0.6) is 5.75 Å². The lowest BCUT2D eigenvalue weighted by molar-refractivity contribution is -0.137. The Morgan fingerprint density at radius 2 is 2.28 bits per heavy atom. The van der Waals surface area contributed by atoms with Gasteiger partial charge in [0.05, 0.1) is 13.7 Å². The molecule has 0 unspecified atom stereocenters. The maximum atomic E-state index is 11.5. The Hall–Kier alpha value is -1.66. The molecule has 0 heterocycles. The minimum absolute atomic E-state index is 0.0665. The first kappa shape index (κ1) is 14.4. The molecule has 0 spiro atoms. The first-order chi connectivity index (χ1) is 8.62. The van der Waals surface area contributed by atoms with Gasteiger partial charge in [0, 0.05) is 23.3 Å². The van der Waals surface area contributed by atoms with E-state index < -0.39 is 5.97 Å². The Labute approximate surface area is 110 Å². The zero-order valence-corrected chi connectivity index (χ0v) is 11.0. The van der Waals surface area contributed by atoms with Crippen LogP contribution in [0.3, 0.4) is 0 Å². The summed E-state index contributed by atoms with van der Waals surface area (Å²) >= 11 is 0.325. The van der Waals surface area contributed by atoms with Crippen LogP contribution in [0, 0.1) is 0 Å². The monoisotopic (exact) mass is 269 g/mol. The summed E-state index contributed by atoms with van der Waals surface area (Å²) in [5, 5.41) is 0. The number of rotatable bonds is 5. The molecule has 0 aliphatic rings. The number of nitrogens with two attached hydrogens (primary N) is 1. The van der Waals surface area contributed by atoms with Gasteiger partial charge in [-0.2, -0.15) is 0 Å². The molecule has 3 N–H and O–H groups in total. The van der Waals surface area contributed by atoms with Crippen LogP contribution in [0.1, 0.15) is 12.5 Å². The number of carbonyl (C=O) groups excluding carboxylic acids is 1. The van der Waals surface area contributed by atoms with Crippen molar-refractivity contribution in [3.63, 3.8) is 0 Å². The summed E-state index contributed by atoms with van der Waals surface area (Å²) in [6.45, 7) is 1.93. The van der Waals surface area contributed by atoms with E-state index in [1.165, 1.54) is 13.2 Å². The topological polar surface area (TPSA) is 81.8 Å². The van der Waals surface area contributed by atoms with Crippen LogP contribution in [-0.4, -0.2) is 24.2 Å².